The van der Waals surface area contributed by atoms with E-state index < -0.39 is 42.0 Å². The molecule has 0 radical (unpaired) electrons. The SMILES string of the molecule is CNCCNC(=O)c1cc2cc(c1)-c1ccc(O)c(c1)C[C@H](NC)C(=O)N[C@@H](C[C@@H](O)CNC)C(=O)N[C@H](C(=O)NCCNC)C2. The number of phenols is 1. The molecule has 46 heavy (non-hydrogen) atoms. The third-order valence-electron chi connectivity index (χ3n) is 7.74. The number of rotatable bonds is 13. The van der Waals surface area contributed by atoms with Gasteiger partial charge in [-0.05, 0) is 74.7 Å². The number of nitrogens with one attached hydrogen (secondary N) is 8. The summed E-state index contributed by atoms with van der Waals surface area (Å²) in [4.78, 5) is 53.9. The molecule has 10 N–H and O–H groups in total. The maximum Gasteiger partial charge on any atom is 0.251 e. The zero-order valence-corrected chi connectivity index (χ0v) is 27.0. The number of hydrogen-bond acceptors (Lipinski definition) is 10. The number of aliphatic hydroxyl groups is 1. The van der Waals surface area contributed by atoms with Crippen molar-refractivity contribution in [3.8, 4) is 16.9 Å². The molecule has 0 saturated heterocycles. The van der Waals surface area contributed by atoms with Gasteiger partial charge in [-0.3, -0.25) is 19.2 Å². The van der Waals surface area contributed by atoms with Gasteiger partial charge in [0.1, 0.15) is 17.8 Å². The Hall–Kier alpha value is -4.08. The van der Waals surface area contributed by atoms with E-state index in [1.54, 1.807) is 52.5 Å². The van der Waals surface area contributed by atoms with Crippen LogP contribution in [0.15, 0.2) is 36.4 Å². The zero-order valence-electron chi connectivity index (χ0n) is 27.0. The van der Waals surface area contributed by atoms with Gasteiger partial charge in [0.05, 0.1) is 12.1 Å². The molecule has 0 aromatic heterocycles. The number of likely N-dealkylation sites (N-methyl/N-ethyl adjacent to an activating group) is 4. The first-order valence-electron chi connectivity index (χ1n) is 15.5. The fourth-order valence-electron chi connectivity index (χ4n) is 5.23. The number of fused-ring (bicyclic) bond motifs is 5. The maximum absolute atomic E-state index is 13.7. The molecule has 3 rings (SSSR count). The molecule has 4 amide bonds. The Morgan fingerprint density at radius 2 is 1.57 bits per heavy atom. The fourth-order valence-corrected chi connectivity index (χ4v) is 5.23. The minimum absolute atomic E-state index is 0.0145. The summed E-state index contributed by atoms with van der Waals surface area (Å²) in [6.07, 6.45) is -0.967. The van der Waals surface area contributed by atoms with E-state index in [2.05, 4.69) is 42.5 Å². The molecule has 14 heteroatoms. The number of amides is 4. The molecular weight excluding hydrogens is 592 g/mol. The lowest BCUT2D eigenvalue weighted by molar-refractivity contribution is -0.133. The molecule has 0 unspecified atom stereocenters. The summed E-state index contributed by atoms with van der Waals surface area (Å²) in [7, 11) is 6.79. The summed E-state index contributed by atoms with van der Waals surface area (Å²) < 4.78 is 0. The van der Waals surface area contributed by atoms with Gasteiger partial charge in [-0.25, -0.2) is 0 Å². The standard InChI is InChI=1S/C32H48N8O6/c1-33-7-9-37-29(43)23-12-19-11-21(15-23)20-5-6-28(42)22(14-20)16-25(36-4)31(45)40-27(17-24(41)18-35-3)32(46)39-26(13-19)30(44)38-10-8-34-2/h5-6,11-12,14-15,24-27,33-36,41-42H,7-10,13,16-18H2,1-4H3,(H,37,43)(H,38,44)(H,39,46)(H,40,45)/t24-,25+,26+,27+/m1/s1. The predicted octanol–water partition coefficient (Wildman–Crippen LogP) is -2.03. The summed E-state index contributed by atoms with van der Waals surface area (Å²) in [6, 6.07) is 7.18. The summed E-state index contributed by atoms with van der Waals surface area (Å²) in [6.45, 7) is 1.96. The van der Waals surface area contributed by atoms with Gasteiger partial charge >= 0.3 is 0 Å². The maximum atomic E-state index is 13.7. The van der Waals surface area contributed by atoms with E-state index in [0.29, 0.717) is 54.0 Å². The van der Waals surface area contributed by atoms with Crippen LogP contribution in [0.25, 0.3) is 11.1 Å². The molecule has 2 aromatic carbocycles. The highest BCUT2D eigenvalue weighted by atomic mass is 16.3. The Morgan fingerprint density at radius 1 is 0.848 bits per heavy atom. The van der Waals surface area contributed by atoms with Gasteiger partial charge in [0.2, 0.25) is 17.7 Å². The van der Waals surface area contributed by atoms with Crippen molar-refractivity contribution >= 4 is 23.6 Å². The fraction of sp³-hybridized carbons (Fsp3) is 0.500. The lowest BCUT2D eigenvalue weighted by Crippen LogP contribution is -2.58. The molecule has 0 spiro atoms. The molecule has 0 saturated carbocycles. The van der Waals surface area contributed by atoms with Crippen LogP contribution in [-0.2, 0) is 27.2 Å². The van der Waals surface area contributed by atoms with Gasteiger partial charge in [-0.2, -0.15) is 0 Å². The van der Waals surface area contributed by atoms with Crippen LogP contribution in [0.4, 0.5) is 0 Å². The van der Waals surface area contributed by atoms with E-state index in [-0.39, 0.29) is 37.5 Å². The number of aromatic hydroxyl groups is 1. The highest BCUT2D eigenvalue weighted by Gasteiger charge is 2.31. The van der Waals surface area contributed by atoms with E-state index in [9.17, 15) is 29.4 Å². The van der Waals surface area contributed by atoms with Crippen molar-refractivity contribution in [3.05, 3.63) is 53.1 Å². The van der Waals surface area contributed by atoms with Gasteiger partial charge in [0.15, 0.2) is 0 Å². The Morgan fingerprint density at radius 3 is 2.24 bits per heavy atom. The second-order valence-corrected chi connectivity index (χ2v) is 11.3. The molecule has 2 aromatic rings. The quantitative estimate of drug-likeness (QED) is 0.109. The second-order valence-electron chi connectivity index (χ2n) is 11.3. The first-order chi connectivity index (χ1) is 22.1. The minimum Gasteiger partial charge on any atom is -0.508 e. The second kappa shape index (κ2) is 18.2. The average molecular weight is 641 g/mol. The number of carbonyl (C=O) groups excluding carboxylic acids is 4. The zero-order chi connectivity index (χ0) is 33.6. The highest BCUT2D eigenvalue weighted by Crippen LogP contribution is 2.29. The van der Waals surface area contributed by atoms with Crippen molar-refractivity contribution in [2.75, 3.05) is 60.9 Å². The minimum atomic E-state index is -1.18. The van der Waals surface area contributed by atoms with Gasteiger partial charge in [0.25, 0.3) is 5.91 Å². The summed E-state index contributed by atoms with van der Waals surface area (Å²) >= 11 is 0. The Labute approximate surface area is 269 Å². The van der Waals surface area contributed by atoms with Crippen molar-refractivity contribution in [2.24, 2.45) is 0 Å². The molecular formula is C32H48N8O6. The van der Waals surface area contributed by atoms with Gasteiger partial charge in [-0.1, -0.05) is 12.1 Å². The molecule has 252 valence electrons. The van der Waals surface area contributed by atoms with Gasteiger partial charge in [0, 0.05) is 57.5 Å². The molecule has 0 aliphatic carbocycles. The lowest BCUT2D eigenvalue weighted by Gasteiger charge is -2.26. The van der Waals surface area contributed by atoms with Crippen molar-refractivity contribution in [1.82, 2.24) is 42.5 Å². The Balaban J connectivity index is 2.16. The smallest absolute Gasteiger partial charge is 0.251 e. The van der Waals surface area contributed by atoms with Crippen LogP contribution in [0.3, 0.4) is 0 Å². The van der Waals surface area contributed by atoms with E-state index in [4.69, 9.17) is 0 Å². The lowest BCUT2D eigenvalue weighted by atomic mass is 9.93. The third-order valence-corrected chi connectivity index (χ3v) is 7.74. The van der Waals surface area contributed by atoms with Crippen LogP contribution in [0, 0.1) is 0 Å². The number of hydrogen-bond donors (Lipinski definition) is 10. The number of carbonyl (C=O) groups is 4. The highest BCUT2D eigenvalue weighted by molar-refractivity contribution is 5.96. The molecule has 4 atom stereocenters. The largest absolute Gasteiger partial charge is 0.508 e. The van der Waals surface area contributed by atoms with Crippen LogP contribution in [0.5, 0.6) is 5.75 Å². The van der Waals surface area contributed by atoms with Crippen molar-refractivity contribution in [3.63, 3.8) is 0 Å². The molecule has 4 bridgehead atoms. The van der Waals surface area contributed by atoms with Crippen LogP contribution in [0.2, 0.25) is 0 Å². The van der Waals surface area contributed by atoms with Crippen LogP contribution in [-0.4, -0.2) is 119 Å². The normalized spacial score (nSPS) is 19.2. The molecule has 0 fully saturated rings. The van der Waals surface area contributed by atoms with Gasteiger partial charge in [-0.15, -0.1) is 0 Å². The van der Waals surface area contributed by atoms with E-state index in [0.717, 1.165) is 0 Å². The first kappa shape index (κ1) is 36.4. The third kappa shape index (κ3) is 10.5. The summed E-state index contributed by atoms with van der Waals surface area (Å²) in [5.41, 5.74) is 2.80. The van der Waals surface area contributed by atoms with Crippen LogP contribution in [0.1, 0.15) is 27.9 Å². The Kier molecular flexibility index (Phi) is 14.4. The van der Waals surface area contributed by atoms with Crippen molar-refractivity contribution in [2.45, 2.75) is 43.5 Å². The van der Waals surface area contributed by atoms with E-state index in [1.807, 2.05) is 6.07 Å². The van der Waals surface area contributed by atoms with Crippen molar-refractivity contribution < 1.29 is 29.4 Å². The Bertz CT molecular complexity index is 1360. The van der Waals surface area contributed by atoms with Gasteiger partial charge < -0.3 is 52.7 Å². The van der Waals surface area contributed by atoms with E-state index >= 15 is 0 Å². The van der Waals surface area contributed by atoms with Crippen molar-refractivity contribution in [1.29, 1.82) is 0 Å². The first-order valence-corrected chi connectivity index (χ1v) is 15.5. The van der Waals surface area contributed by atoms with Crippen LogP contribution < -0.4 is 42.5 Å². The summed E-state index contributed by atoms with van der Waals surface area (Å²) in [5.74, 6) is -1.93. The van der Waals surface area contributed by atoms with Crippen LogP contribution >= 0.6 is 0 Å². The molecule has 1 heterocycles. The van der Waals surface area contributed by atoms with E-state index in [1.165, 1.54) is 6.07 Å². The monoisotopic (exact) mass is 640 g/mol. The molecule has 14 nitrogen and oxygen atoms in total. The topological polar surface area (TPSA) is 205 Å². The molecule has 1 aliphatic rings. The molecule has 1 aliphatic heterocycles. The summed E-state index contributed by atoms with van der Waals surface area (Å²) in [5, 5.41) is 44.3. The number of aliphatic hydroxyl groups excluding tert-OH is 1. The number of phenolic OH excluding ortho intramolecular Hbond substituents is 1. The number of benzene rings is 2. The average Bonchev–Trinajstić information content (AvgIpc) is 3.03. The predicted molar refractivity (Wildman–Crippen MR) is 175 cm³/mol.